The van der Waals surface area contributed by atoms with E-state index in [4.69, 9.17) is 0 Å². The van der Waals surface area contributed by atoms with Crippen molar-refractivity contribution >= 4 is 0 Å². The van der Waals surface area contributed by atoms with Crippen LogP contribution in [0.1, 0.15) is 53.9 Å². The molecule has 1 aliphatic heterocycles. The van der Waals surface area contributed by atoms with Crippen molar-refractivity contribution in [3.63, 3.8) is 0 Å². The quantitative estimate of drug-likeness (QED) is 0.827. The van der Waals surface area contributed by atoms with Gasteiger partial charge in [-0.2, -0.15) is 0 Å². The van der Waals surface area contributed by atoms with Gasteiger partial charge in [-0.3, -0.25) is 0 Å². The molecule has 1 heterocycles. The first-order valence-electron chi connectivity index (χ1n) is 8.97. The maximum Gasteiger partial charge on any atom is 0.0108 e. The van der Waals surface area contributed by atoms with Gasteiger partial charge >= 0.3 is 0 Å². The van der Waals surface area contributed by atoms with Crippen molar-refractivity contribution < 1.29 is 0 Å². The molecule has 2 fully saturated rings. The highest BCUT2D eigenvalue weighted by Gasteiger charge is 2.34. The topological polar surface area (TPSA) is 15.3 Å². The number of nitrogens with zero attached hydrogens (tertiary/aromatic N) is 1. The monoisotopic (exact) mass is 280 g/mol. The SMILES string of the molecule is CCNC1CCC(C(C)C)CC1CN1CC(C)C(C)C1. The highest BCUT2D eigenvalue weighted by atomic mass is 15.2. The second kappa shape index (κ2) is 7.26. The Labute approximate surface area is 126 Å². The van der Waals surface area contributed by atoms with Gasteiger partial charge in [-0.15, -0.1) is 0 Å². The van der Waals surface area contributed by atoms with Crippen molar-refractivity contribution in [2.75, 3.05) is 26.2 Å². The minimum atomic E-state index is 0.765. The zero-order valence-corrected chi connectivity index (χ0v) is 14.4. The predicted molar refractivity (Wildman–Crippen MR) is 87.9 cm³/mol. The van der Waals surface area contributed by atoms with Gasteiger partial charge in [-0.25, -0.2) is 0 Å². The van der Waals surface area contributed by atoms with Crippen LogP contribution in [-0.2, 0) is 0 Å². The van der Waals surface area contributed by atoms with E-state index in [1.165, 1.54) is 38.9 Å². The minimum absolute atomic E-state index is 0.765. The van der Waals surface area contributed by atoms with Gasteiger partial charge in [0.05, 0.1) is 0 Å². The van der Waals surface area contributed by atoms with Gasteiger partial charge in [0, 0.05) is 25.7 Å². The molecule has 0 spiro atoms. The van der Waals surface area contributed by atoms with E-state index < -0.39 is 0 Å². The van der Waals surface area contributed by atoms with Gasteiger partial charge in [0.25, 0.3) is 0 Å². The molecule has 0 bridgehead atoms. The minimum Gasteiger partial charge on any atom is -0.314 e. The molecule has 5 unspecified atom stereocenters. The van der Waals surface area contributed by atoms with Gasteiger partial charge in [0.15, 0.2) is 0 Å². The van der Waals surface area contributed by atoms with Crippen LogP contribution < -0.4 is 5.32 Å². The molecule has 1 aliphatic carbocycles. The maximum absolute atomic E-state index is 3.76. The van der Waals surface area contributed by atoms with E-state index >= 15 is 0 Å². The molecular formula is C18H36N2. The Bertz CT molecular complexity index is 279. The molecule has 0 amide bonds. The Kier molecular flexibility index (Phi) is 5.92. The Morgan fingerprint density at radius 3 is 2.30 bits per heavy atom. The molecule has 0 radical (unpaired) electrons. The second-order valence-corrected chi connectivity index (χ2v) is 7.91. The van der Waals surface area contributed by atoms with Crippen molar-refractivity contribution in [3.05, 3.63) is 0 Å². The molecule has 2 aliphatic rings. The summed E-state index contributed by atoms with van der Waals surface area (Å²) in [6, 6.07) is 0.765. The maximum atomic E-state index is 3.76. The van der Waals surface area contributed by atoms with E-state index in [0.29, 0.717) is 0 Å². The van der Waals surface area contributed by atoms with Crippen LogP contribution in [0.2, 0.25) is 0 Å². The smallest absolute Gasteiger partial charge is 0.0108 e. The van der Waals surface area contributed by atoms with Crippen molar-refractivity contribution in [2.24, 2.45) is 29.6 Å². The summed E-state index contributed by atoms with van der Waals surface area (Å²) < 4.78 is 0. The van der Waals surface area contributed by atoms with Crippen molar-refractivity contribution in [3.8, 4) is 0 Å². The number of nitrogens with one attached hydrogen (secondary N) is 1. The van der Waals surface area contributed by atoms with E-state index in [0.717, 1.165) is 42.2 Å². The lowest BCUT2D eigenvalue weighted by Gasteiger charge is -2.40. The number of hydrogen-bond acceptors (Lipinski definition) is 2. The lowest BCUT2D eigenvalue weighted by Crippen LogP contribution is -2.46. The van der Waals surface area contributed by atoms with Crippen molar-refractivity contribution in [1.29, 1.82) is 0 Å². The molecule has 0 aromatic heterocycles. The fourth-order valence-corrected chi connectivity index (χ4v) is 4.37. The summed E-state index contributed by atoms with van der Waals surface area (Å²) in [5, 5.41) is 3.76. The van der Waals surface area contributed by atoms with E-state index in [1.807, 2.05) is 0 Å². The molecule has 0 aromatic carbocycles. The highest BCUT2D eigenvalue weighted by Crippen LogP contribution is 2.35. The van der Waals surface area contributed by atoms with Crippen LogP contribution in [0.4, 0.5) is 0 Å². The van der Waals surface area contributed by atoms with Crippen LogP contribution in [0, 0.1) is 29.6 Å². The van der Waals surface area contributed by atoms with E-state index in [1.54, 1.807) is 0 Å². The summed E-state index contributed by atoms with van der Waals surface area (Å²) >= 11 is 0. The zero-order valence-electron chi connectivity index (χ0n) is 14.4. The van der Waals surface area contributed by atoms with E-state index in [2.05, 4.69) is 44.8 Å². The third kappa shape index (κ3) is 3.98. The third-order valence-corrected chi connectivity index (χ3v) is 5.99. The molecule has 2 nitrogen and oxygen atoms in total. The largest absolute Gasteiger partial charge is 0.314 e. The van der Waals surface area contributed by atoms with Crippen LogP contribution in [0.3, 0.4) is 0 Å². The molecule has 20 heavy (non-hydrogen) atoms. The second-order valence-electron chi connectivity index (χ2n) is 7.91. The lowest BCUT2D eigenvalue weighted by atomic mass is 9.73. The molecule has 1 saturated heterocycles. The molecule has 2 rings (SSSR count). The fraction of sp³-hybridized carbons (Fsp3) is 1.00. The molecular weight excluding hydrogens is 244 g/mol. The van der Waals surface area contributed by atoms with E-state index in [9.17, 15) is 0 Å². The predicted octanol–water partition coefficient (Wildman–Crippen LogP) is 3.62. The normalized spacial score (nSPS) is 39.6. The van der Waals surface area contributed by atoms with Gasteiger partial charge in [0.1, 0.15) is 0 Å². The van der Waals surface area contributed by atoms with Crippen molar-refractivity contribution in [1.82, 2.24) is 10.2 Å². The Morgan fingerprint density at radius 2 is 1.75 bits per heavy atom. The standard InChI is InChI=1S/C18H36N2/c1-6-19-18-8-7-16(13(2)3)9-17(18)12-20-10-14(4)15(5)11-20/h13-19H,6-12H2,1-5H3. The Hall–Kier alpha value is -0.0800. The van der Waals surface area contributed by atoms with Crippen LogP contribution >= 0.6 is 0 Å². The first kappa shape index (κ1) is 16.3. The summed E-state index contributed by atoms with van der Waals surface area (Å²) in [5.41, 5.74) is 0. The third-order valence-electron chi connectivity index (χ3n) is 5.99. The lowest BCUT2D eigenvalue weighted by molar-refractivity contribution is 0.130. The van der Waals surface area contributed by atoms with Gasteiger partial charge in [0.2, 0.25) is 0 Å². The van der Waals surface area contributed by atoms with Crippen LogP contribution in [0.15, 0.2) is 0 Å². The molecule has 1 saturated carbocycles. The van der Waals surface area contributed by atoms with Crippen LogP contribution in [0.25, 0.3) is 0 Å². The van der Waals surface area contributed by atoms with Gasteiger partial charge < -0.3 is 10.2 Å². The Morgan fingerprint density at radius 1 is 1.10 bits per heavy atom. The Balaban J connectivity index is 1.93. The number of rotatable bonds is 5. The number of likely N-dealkylation sites (tertiary alicyclic amines) is 1. The first-order chi connectivity index (χ1) is 9.51. The first-order valence-corrected chi connectivity index (χ1v) is 8.97. The van der Waals surface area contributed by atoms with Gasteiger partial charge in [-0.1, -0.05) is 34.6 Å². The molecule has 2 heteroatoms. The summed E-state index contributed by atoms with van der Waals surface area (Å²) in [5.74, 6) is 4.45. The van der Waals surface area contributed by atoms with Crippen LogP contribution in [-0.4, -0.2) is 37.1 Å². The summed E-state index contributed by atoms with van der Waals surface area (Å²) in [6.07, 6.45) is 4.26. The average Bonchev–Trinajstić information content (AvgIpc) is 2.70. The molecule has 1 N–H and O–H groups in total. The van der Waals surface area contributed by atoms with Crippen LogP contribution in [0.5, 0.6) is 0 Å². The van der Waals surface area contributed by atoms with Crippen molar-refractivity contribution in [2.45, 2.75) is 59.9 Å². The van der Waals surface area contributed by atoms with Gasteiger partial charge in [-0.05, 0) is 55.4 Å². The summed E-state index contributed by atoms with van der Waals surface area (Å²) in [7, 11) is 0. The molecule has 118 valence electrons. The zero-order chi connectivity index (χ0) is 14.7. The highest BCUT2D eigenvalue weighted by molar-refractivity contribution is 4.89. The molecule has 5 atom stereocenters. The summed E-state index contributed by atoms with van der Waals surface area (Å²) in [4.78, 5) is 2.74. The average molecular weight is 280 g/mol. The number of hydrogen-bond donors (Lipinski definition) is 1. The summed E-state index contributed by atoms with van der Waals surface area (Å²) in [6.45, 7) is 17.0. The van der Waals surface area contributed by atoms with E-state index in [-0.39, 0.29) is 0 Å². The molecule has 0 aromatic rings. The fourth-order valence-electron chi connectivity index (χ4n) is 4.37.